The van der Waals surface area contributed by atoms with Gasteiger partial charge in [0.15, 0.2) is 0 Å². The zero-order valence-corrected chi connectivity index (χ0v) is 16.6. The number of aryl methyl sites for hydroxylation is 1. The van der Waals surface area contributed by atoms with Gasteiger partial charge in [0.1, 0.15) is 0 Å². The molecule has 0 spiro atoms. The maximum Gasteiger partial charge on any atom is 0.248 e. The average Bonchev–Trinajstić information content (AvgIpc) is 2.68. The van der Waals surface area contributed by atoms with Crippen molar-refractivity contribution in [3.05, 3.63) is 63.5 Å². The normalized spacial score (nSPS) is 15.5. The number of pyridine rings is 1. The number of primary amides is 2. The number of carbonyl (C=O) groups excluding carboxylic acids is 2. The zero-order valence-electron chi connectivity index (χ0n) is 16.6. The first-order valence-corrected chi connectivity index (χ1v) is 9.23. The van der Waals surface area contributed by atoms with E-state index in [1.165, 1.54) is 6.07 Å². The predicted molar refractivity (Wildman–Crippen MR) is 108 cm³/mol. The number of nitrogens with one attached hydrogen (secondary N) is 1. The molecule has 8 heteroatoms. The van der Waals surface area contributed by atoms with Crippen LogP contribution in [0.25, 0.3) is 0 Å². The molecule has 29 heavy (non-hydrogen) atoms. The van der Waals surface area contributed by atoms with Gasteiger partial charge in [0.25, 0.3) is 0 Å². The Bertz CT molecular complexity index is 1030. The summed E-state index contributed by atoms with van der Waals surface area (Å²) < 4.78 is 5.75. The van der Waals surface area contributed by atoms with Crippen molar-refractivity contribution in [2.75, 3.05) is 11.9 Å². The van der Waals surface area contributed by atoms with Crippen molar-refractivity contribution in [1.82, 2.24) is 4.98 Å². The van der Waals surface area contributed by atoms with Crippen LogP contribution in [-0.4, -0.2) is 28.5 Å². The summed E-state index contributed by atoms with van der Waals surface area (Å²) in [4.78, 5) is 28.4. The molecule has 0 radical (unpaired) electrons. The van der Waals surface area contributed by atoms with Gasteiger partial charge in [0.2, 0.25) is 17.7 Å². The Morgan fingerprint density at radius 3 is 2.55 bits per heavy atom. The standard InChI is InChI=1S/C21H24N4O4/c1-4-29-21-17-16(14-6-5-12(19(22)27)7-13(14)9-26)15(20(23)28)11(3)25-18(17)10(2)8-24-21/h5-8,16,25-26H,4,9H2,1-3H3,(H2,22,27)(H2,23,28). The predicted octanol–water partition coefficient (Wildman–Crippen LogP) is 1.70. The minimum atomic E-state index is -0.623. The van der Waals surface area contributed by atoms with Gasteiger partial charge in [-0.2, -0.15) is 0 Å². The molecular weight excluding hydrogens is 372 g/mol. The van der Waals surface area contributed by atoms with E-state index in [9.17, 15) is 14.7 Å². The third kappa shape index (κ3) is 3.54. The molecule has 2 amide bonds. The van der Waals surface area contributed by atoms with Gasteiger partial charge in [-0.25, -0.2) is 4.98 Å². The maximum atomic E-state index is 12.4. The first kappa shape index (κ1) is 20.3. The number of carbonyl (C=O) groups is 2. The van der Waals surface area contributed by atoms with Gasteiger partial charge in [-0.3, -0.25) is 9.59 Å². The Hall–Kier alpha value is -3.39. The summed E-state index contributed by atoms with van der Waals surface area (Å²) in [6.07, 6.45) is 1.69. The number of rotatable bonds is 6. The lowest BCUT2D eigenvalue weighted by Crippen LogP contribution is -2.29. The fourth-order valence-corrected chi connectivity index (χ4v) is 3.73. The molecule has 1 atom stereocenters. The minimum Gasteiger partial charge on any atom is -0.478 e. The highest BCUT2D eigenvalue weighted by Crippen LogP contribution is 2.47. The molecule has 1 aromatic carbocycles. The Morgan fingerprint density at radius 1 is 1.24 bits per heavy atom. The molecule has 3 rings (SSSR count). The van der Waals surface area contributed by atoms with Gasteiger partial charge >= 0.3 is 0 Å². The Morgan fingerprint density at radius 2 is 1.97 bits per heavy atom. The van der Waals surface area contributed by atoms with E-state index in [4.69, 9.17) is 16.2 Å². The summed E-state index contributed by atoms with van der Waals surface area (Å²) in [5.41, 5.74) is 15.7. The van der Waals surface area contributed by atoms with Crippen LogP contribution in [-0.2, 0) is 11.4 Å². The minimum absolute atomic E-state index is 0.265. The third-order valence-corrected chi connectivity index (χ3v) is 5.02. The largest absolute Gasteiger partial charge is 0.478 e. The van der Waals surface area contributed by atoms with E-state index in [2.05, 4.69) is 10.3 Å². The lowest BCUT2D eigenvalue weighted by molar-refractivity contribution is -0.114. The number of anilines is 1. The molecule has 0 bridgehead atoms. The highest BCUT2D eigenvalue weighted by Gasteiger charge is 2.36. The van der Waals surface area contributed by atoms with Crippen LogP contribution in [0, 0.1) is 6.92 Å². The number of nitrogens with zero attached hydrogens (tertiary/aromatic N) is 1. The molecular formula is C21H24N4O4. The summed E-state index contributed by atoms with van der Waals surface area (Å²) in [6, 6.07) is 4.77. The van der Waals surface area contributed by atoms with Crippen molar-refractivity contribution in [2.45, 2.75) is 33.3 Å². The van der Waals surface area contributed by atoms with Crippen molar-refractivity contribution in [2.24, 2.45) is 11.5 Å². The van der Waals surface area contributed by atoms with E-state index < -0.39 is 17.7 Å². The number of nitrogens with two attached hydrogens (primary N) is 2. The molecule has 0 aliphatic carbocycles. The topological polar surface area (TPSA) is 141 Å². The average molecular weight is 396 g/mol. The molecule has 0 saturated carbocycles. The molecule has 2 heterocycles. The second-order valence-electron chi connectivity index (χ2n) is 6.86. The smallest absolute Gasteiger partial charge is 0.248 e. The van der Waals surface area contributed by atoms with Crippen LogP contribution >= 0.6 is 0 Å². The van der Waals surface area contributed by atoms with E-state index in [0.717, 1.165) is 11.3 Å². The summed E-state index contributed by atoms with van der Waals surface area (Å²) in [5, 5.41) is 13.2. The number of aromatic nitrogens is 1. The second-order valence-corrected chi connectivity index (χ2v) is 6.86. The van der Waals surface area contributed by atoms with E-state index in [1.807, 2.05) is 13.8 Å². The summed E-state index contributed by atoms with van der Waals surface area (Å²) in [5.74, 6) is -1.45. The number of aliphatic hydroxyl groups is 1. The molecule has 1 aliphatic heterocycles. The van der Waals surface area contributed by atoms with Gasteiger partial charge in [-0.15, -0.1) is 0 Å². The number of ether oxygens (including phenoxy) is 1. The quantitative estimate of drug-likeness (QED) is 0.586. The van der Waals surface area contributed by atoms with Crippen LogP contribution in [0.2, 0.25) is 0 Å². The monoisotopic (exact) mass is 396 g/mol. The lowest BCUT2D eigenvalue weighted by atomic mass is 9.78. The van der Waals surface area contributed by atoms with Gasteiger partial charge in [-0.05, 0) is 49.6 Å². The van der Waals surface area contributed by atoms with Gasteiger partial charge in [-0.1, -0.05) is 6.07 Å². The molecule has 152 valence electrons. The molecule has 0 fully saturated rings. The van der Waals surface area contributed by atoms with Crippen LogP contribution in [0.15, 0.2) is 35.7 Å². The molecule has 0 saturated heterocycles. The number of aliphatic hydroxyl groups excluding tert-OH is 1. The fraction of sp³-hybridized carbons (Fsp3) is 0.286. The first-order chi connectivity index (χ1) is 13.8. The number of amides is 2. The number of allylic oxidation sites excluding steroid dienone is 1. The molecule has 8 nitrogen and oxygen atoms in total. The maximum absolute atomic E-state index is 12.4. The van der Waals surface area contributed by atoms with E-state index in [0.29, 0.717) is 40.4 Å². The van der Waals surface area contributed by atoms with Crippen LogP contribution in [0.4, 0.5) is 5.69 Å². The molecule has 2 aromatic rings. The van der Waals surface area contributed by atoms with Gasteiger partial charge < -0.3 is 26.6 Å². The molecule has 1 aliphatic rings. The van der Waals surface area contributed by atoms with Crippen molar-refractivity contribution < 1.29 is 19.4 Å². The third-order valence-electron chi connectivity index (χ3n) is 5.02. The highest BCUT2D eigenvalue weighted by molar-refractivity contribution is 5.98. The number of fused-ring (bicyclic) bond motifs is 1. The number of benzene rings is 1. The van der Waals surface area contributed by atoms with Crippen LogP contribution in [0.5, 0.6) is 5.88 Å². The fourth-order valence-electron chi connectivity index (χ4n) is 3.73. The van der Waals surface area contributed by atoms with Crippen molar-refractivity contribution >= 4 is 17.5 Å². The number of hydrogen-bond acceptors (Lipinski definition) is 6. The Labute approximate surface area is 168 Å². The van der Waals surface area contributed by atoms with E-state index >= 15 is 0 Å². The van der Waals surface area contributed by atoms with E-state index in [1.54, 1.807) is 25.3 Å². The molecule has 6 N–H and O–H groups in total. The summed E-state index contributed by atoms with van der Waals surface area (Å²) in [6.45, 7) is 5.56. The van der Waals surface area contributed by atoms with Crippen LogP contribution in [0.1, 0.15) is 52.4 Å². The zero-order chi connectivity index (χ0) is 21.3. The van der Waals surface area contributed by atoms with E-state index in [-0.39, 0.29) is 12.2 Å². The Balaban J connectivity index is 2.36. The SMILES string of the molecule is CCOc1ncc(C)c2c1C(c1ccc(C(N)=O)cc1CO)C(C(N)=O)=C(C)N2. The highest BCUT2D eigenvalue weighted by atomic mass is 16.5. The Kier molecular flexibility index (Phi) is 5.56. The summed E-state index contributed by atoms with van der Waals surface area (Å²) in [7, 11) is 0. The summed E-state index contributed by atoms with van der Waals surface area (Å²) >= 11 is 0. The van der Waals surface area contributed by atoms with Crippen LogP contribution < -0.4 is 21.5 Å². The molecule has 1 unspecified atom stereocenters. The number of hydrogen-bond donors (Lipinski definition) is 4. The van der Waals surface area contributed by atoms with Crippen LogP contribution in [0.3, 0.4) is 0 Å². The molecule has 1 aromatic heterocycles. The lowest BCUT2D eigenvalue weighted by Gasteiger charge is -2.32. The van der Waals surface area contributed by atoms with Crippen molar-refractivity contribution in [1.29, 1.82) is 0 Å². The van der Waals surface area contributed by atoms with Crippen molar-refractivity contribution in [3.63, 3.8) is 0 Å². The first-order valence-electron chi connectivity index (χ1n) is 9.23. The van der Waals surface area contributed by atoms with Crippen molar-refractivity contribution in [3.8, 4) is 5.88 Å². The van der Waals surface area contributed by atoms with Gasteiger partial charge in [0.05, 0.1) is 24.5 Å². The second kappa shape index (κ2) is 7.92. The van der Waals surface area contributed by atoms with Gasteiger partial charge in [0, 0.05) is 28.9 Å².